The van der Waals surface area contributed by atoms with Gasteiger partial charge in [0.25, 0.3) is 5.91 Å². The third kappa shape index (κ3) is 2.53. The molecule has 0 saturated carbocycles. The Bertz CT molecular complexity index is 416. The van der Waals surface area contributed by atoms with Crippen LogP contribution in [0.1, 0.15) is 43.1 Å². The van der Waals surface area contributed by atoms with Gasteiger partial charge in [0, 0.05) is 19.0 Å². The predicted molar refractivity (Wildman–Crippen MR) is 68.0 cm³/mol. The van der Waals surface area contributed by atoms with Crippen LogP contribution in [-0.4, -0.2) is 45.1 Å². The smallest absolute Gasteiger partial charge is 0.293 e. The molecule has 2 heterocycles. The van der Waals surface area contributed by atoms with Crippen molar-refractivity contribution in [3.63, 3.8) is 0 Å². The van der Waals surface area contributed by atoms with Gasteiger partial charge in [-0.3, -0.25) is 9.89 Å². The highest BCUT2D eigenvalue weighted by atomic mass is 16.2. The number of H-pyrrole nitrogens is 1. The topological polar surface area (TPSA) is 87.9 Å². The van der Waals surface area contributed by atoms with Crippen molar-refractivity contribution >= 4 is 5.91 Å². The van der Waals surface area contributed by atoms with E-state index >= 15 is 0 Å². The number of carbonyl (C=O) groups is 1. The first-order valence-electron chi connectivity index (χ1n) is 6.58. The van der Waals surface area contributed by atoms with Gasteiger partial charge in [0.05, 0.1) is 0 Å². The Balaban J connectivity index is 2.06. The van der Waals surface area contributed by atoms with Crippen LogP contribution in [0.2, 0.25) is 0 Å². The molecule has 1 fully saturated rings. The fourth-order valence-electron chi connectivity index (χ4n) is 2.46. The first kappa shape index (κ1) is 13.0. The number of amides is 1. The maximum absolute atomic E-state index is 12.3. The van der Waals surface area contributed by atoms with Gasteiger partial charge in [0.15, 0.2) is 0 Å². The van der Waals surface area contributed by atoms with Crippen LogP contribution >= 0.6 is 0 Å². The largest absolute Gasteiger partial charge is 0.333 e. The van der Waals surface area contributed by atoms with Crippen LogP contribution in [0.15, 0.2) is 0 Å². The van der Waals surface area contributed by atoms with E-state index in [1.807, 2.05) is 11.8 Å². The summed E-state index contributed by atoms with van der Waals surface area (Å²) in [7, 11) is 0. The van der Waals surface area contributed by atoms with Crippen LogP contribution in [0.4, 0.5) is 0 Å². The number of nitrogens with two attached hydrogens (primary N) is 1. The lowest BCUT2D eigenvalue weighted by atomic mass is 10.1. The molecule has 2 atom stereocenters. The monoisotopic (exact) mass is 251 g/mol. The standard InChI is InChI=1S/C12H21N5O/c1-3-4-10-14-11(16-15-10)12(18)17-7-9(6-13)5-8(17)2/h8-9H,3-7,13H2,1-2H3,(H,14,15,16). The molecule has 6 nitrogen and oxygen atoms in total. The molecule has 6 heteroatoms. The van der Waals surface area contributed by atoms with Gasteiger partial charge in [0.2, 0.25) is 5.82 Å². The van der Waals surface area contributed by atoms with E-state index in [9.17, 15) is 4.79 Å². The summed E-state index contributed by atoms with van der Waals surface area (Å²) in [6.45, 7) is 5.46. The van der Waals surface area contributed by atoms with Crippen molar-refractivity contribution in [3.8, 4) is 0 Å². The quantitative estimate of drug-likeness (QED) is 0.818. The minimum Gasteiger partial charge on any atom is -0.333 e. The summed E-state index contributed by atoms with van der Waals surface area (Å²) in [5.41, 5.74) is 5.67. The van der Waals surface area contributed by atoms with Crippen molar-refractivity contribution in [1.29, 1.82) is 0 Å². The third-order valence-electron chi connectivity index (χ3n) is 3.47. The number of aromatic nitrogens is 3. The Hall–Kier alpha value is -1.43. The molecule has 2 rings (SSSR count). The summed E-state index contributed by atoms with van der Waals surface area (Å²) >= 11 is 0. The molecular weight excluding hydrogens is 230 g/mol. The van der Waals surface area contributed by atoms with E-state index < -0.39 is 0 Å². The molecule has 2 unspecified atom stereocenters. The minimum atomic E-state index is -0.0861. The number of aryl methyl sites for hydroxylation is 1. The highest BCUT2D eigenvalue weighted by molar-refractivity contribution is 5.90. The number of nitrogens with zero attached hydrogens (tertiary/aromatic N) is 3. The molecule has 1 aromatic heterocycles. The van der Waals surface area contributed by atoms with Gasteiger partial charge < -0.3 is 10.6 Å². The van der Waals surface area contributed by atoms with Crippen LogP contribution in [0.5, 0.6) is 0 Å². The van der Waals surface area contributed by atoms with Crippen molar-refractivity contribution in [3.05, 3.63) is 11.6 Å². The number of aromatic amines is 1. The molecule has 0 aromatic carbocycles. The van der Waals surface area contributed by atoms with Crippen LogP contribution in [0.3, 0.4) is 0 Å². The number of hydrogen-bond donors (Lipinski definition) is 2. The molecule has 0 bridgehead atoms. The molecule has 100 valence electrons. The third-order valence-corrected chi connectivity index (χ3v) is 3.47. The molecule has 1 saturated heterocycles. The van der Waals surface area contributed by atoms with Crippen molar-refractivity contribution in [2.45, 2.75) is 39.2 Å². The minimum absolute atomic E-state index is 0.0861. The van der Waals surface area contributed by atoms with E-state index in [1.54, 1.807) is 0 Å². The second-order valence-electron chi connectivity index (χ2n) is 5.00. The molecule has 0 radical (unpaired) electrons. The molecule has 1 aromatic rings. The average Bonchev–Trinajstić information content (AvgIpc) is 2.95. The summed E-state index contributed by atoms with van der Waals surface area (Å²) < 4.78 is 0. The summed E-state index contributed by atoms with van der Waals surface area (Å²) in [6.07, 6.45) is 2.77. The molecule has 3 N–H and O–H groups in total. The number of rotatable bonds is 4. The Kier molecular flexibility index (Phi) is 3.96. The SMILES string of the molecule is CCCc1nc(C(=O)N2CC(CN)CC2C)n[nH]1. The van der Waals surface area contributed by atoms with Gasteiger partial charge in [-0.15, -0.1) is 5.10 Å². The highest BCUT2D eigenvalue weighted by Gasteiger charge is 2.33. The van der Waals surface area contributed by atoms with Crippen LogP contribution < -0.4 is 5.73 Å². The molecular formula is C12H21N5O. The van der Waals surface area contributed by atoms with E-state index in [4.69, 9.17) is 5.73 Å². The van der Waals surface area contributed by atoms with Gasteiger partial charge in [-0.1, -0.05) is 6.92 Å². The maximum atomic E-state index is 12.3. The number of carbonyl (C=O) groups excluding carboxylic acids is 1. The zero-order valence-corrected chi connectivity index (χ0v) is 11.0. The van der Waals surface area contributed by atoms with Crippen molar-refractivity contribution < 1.29 is 4.79 Å². The van der Waals surface area contributed by atoms with E-state index in [0.29, 0.717) is 19.0 Å². The molecule has 0 spiro atoms. The second-order valence-corrected chi connectivity index (χ2v) is 5.00. The zero-order chi connectivity index (χ0) is 13.1. The Labute approximate surface area is 107 Å². The number of hydrogen-bond acceptors (Lipinski definition) is 4. The summed E-state index contributed by atoms with van der Waals surface area (Å²) in [5, 5.41) is 6.82. The van der Waals surface area contributed by atoms with Gasteiger partial charge in [-0.05, 0) is 32.2 Å². The second kappa shape index (κ2) is 5.48. The normalized spacial score (nSPS) is 23.6. The summed E-state index contributed by atoms with van der Waals surface area (Å²) in [5.74, 6) is 1.38. The molecule has 18 heavy (non-hydrogen) atoms. The Morgan fingerprint density at radius 1 is 1.61 bits per heavy atom. The fourth-order valence-corrected chi connectivity index (χ4v) is 2.46. The molecule has 1 aliphatic rings. The van der Waals surface area contributed by atoms with E-state index in [1.165, 1.54) is 0 Å². The maximum Gasteiger partial charge on any atom is 0.293 e. The van der Waals surface area contributed by atoms with Gasteiger partial charge in [0.1, 0.15) is 5.82 Å². The van der Waals surface area contributed by atoms with Gasteiger partial charge >= 0.3 is 0 Å². The lowest BCUT2D eigenvalue weighted by Crippen LogP contribution is -2.35. The summed E-state index contributed by atoms with van der Waals surface area (Å²) in [4.78, 5) is 18.3. The fraction of sp³-hybridized carbons (Fsp3) is 0.750. The summed E-state index contributed by atoms with van der Waals surface area (Å²) in [6, 6.07) is 0.221. The van der Waals surface area contributed by atoms with E-state index in [2.05, 4.69) is 22.1 Å². The first-order valence-corrected chi connectivity index (χ1v) is 6.58. The molecule has 1 aliphatic heterocycles. The Morgan fingerprint density at radius 2 is 2.39 bits per heavy atom. The van der Waals surface area contributed by atoms with E-state index in [-0.39, 0.29) is 17.8 Å². The van der Waals surface area contributed by atoms with Crippen LogP contribution in [0, 0.1) is 5.92 Å². The van der Waals surface area contributed by atoms with Gasteiger partial charge in [-0.25, -0.2) is 4.98 Å². The van der Waals surface area contributed by atoms with Crippen LogP contribution in [0.25, 0.3) is 0 Å². The molecule has 1 amide bonds. The van der Waals surface area contributed by atoms with Crippen molar-refractivity contribution in [1.82, 2.24) is 20.1 Å². The lowest BCUT2D eigenvalue weighted by molar-refractivity contribution is 0.0731. The lowest BCUT2D eigenvalue weighted by Gasteiger charge is -2.19. The molecule has 0 aliphatic carbocycles. The van der Waals surface area contributed by atoms with Crippen molar-refractivity contribution in [2.75, 3.05) is 13.1 Å². The van der Waals surface area contributed by atoms with Gasteiger partial charge in [-0.2, -0.15) is 0 Å². The Morgan fingerprint density at radius 3 is 3.00 bits per heavy atom. The van der Waals surface area contributed by atoms with Crippen molar-refractivity contribution in [2.24, 2.45) is 11.7 Å². The average molecular weight is 251 g/mol. The zero-order valence-electron chi connectivity index (χ0n) is 11.0. The first-order chi connectivity index (χ1) is 8.65. The number of nitrogens with one attached hydrogen (secondary N) is 1. The number of likely N-dealkylation sites (tertiary alicyclic amines) is 1. The van der Waals surface area contributed by atoms with E-state index in [0.717, 1.165) is 25.1 Å². The highest BCUT2D eigenvalue weighted by Crippen LogP contribution is 2.23. The van der Waals surface area contributed by atoms with Crippen LogP contribution in [-0.2, 0) is 6.42 Å². The predicted octanol–water partition coefficient (Wildman–Crippen LogP) is 0.567.